The SMILES string of the molecule is COc1cc(F)c(F)c(Nc2ccc(I)cc2F)c1N(CCO)S(=O)(=O)C1CC1. The second kappa shape index (κ2) is 8.56. The van der Waals surface area contributed by atoms with Crippen LogP contribution >= 0.6 is 22.6 Å². The first-order valence-electron chi connectivity index (χ1n) is 8.61. The molecule has 6 nitrogen and oxygen atoms in total. The molecule has 2 N–H and O–H groups in total. The lowest BCUT2D eigenvalue weighted by Crippen LogP contribution is -2.37. The van der Waals surface area contributed by atoms with Gasteiger partial charge in [0, 0.05) is 9.64 Å². The Labute approximate surface area is 179 Å². The van der Waals surface area contributed by atoms with Crippen LogP contribution in [0, 0.1) is 21.0 Å². The van der Waals surface area contributed by atoms with Crippen molar-refractivity contribution >= 4 is 49.7 Å². The molecule has 0 amide bonds. The number of nitrogens with zero attached hydrogens (tertiary/aromatic N) is 1. The van der Waals surface area contributed by atoms with Gasteiger partial charge in [-0.15, -0.1) is 0 Å². The summed E-state index contributed by atoms with van der Waals surface area (Å²) in [6.45, 7) is -0.963. The predicted molar refractivity (Wildman–Crippen MR) is 112 cm³/mol. The molecule has 0 atom stereocenters. The van der Waals surface area contributed by atoms with Crippen molar-refractivity contribution < 1.29 is 31.4 Å². The highest BCUT2D eigenvalue weighted by atomic mass is 127. The third-order valence-electron chi connectivity index (χ3n) is 4.37. The summed E-state index contributed by atoms with van der Waals surface area (Å²) in [6.07, 6.45) is 0.843. The molecule has 29 heavy (non-hydrogen) atoms. The number of benzene rings is 2. The van der Waals surface area contributed by atoms with Gasteiger partial charge >= 0.3 is 0 Å². The van der Waals surface area contributed by atoms with E-state index in [1.165, 1.54) is 19.2 Å². The molecule has 0 bridgehead atoms. The fraction of sp³-hybridized carbons (Fsp3) is 0.333. The number of methoxy groups -OCH3 is 1. The van der Waals surface area contributed by atoms with Gasteiger partial charge in [-0.1, -0.05) is 0 Å². The highest BCUT2D eigenvalue weighted by Crippen LogP contribution is 2.45. The highest BCUT2D eigenvalue weighted by Gasteiger charge is 2.42. The van der Waals surface area contributed by atoms with Crippen LogP contribution in [-0.2, 0) is 10.0 Å². The van der Waals surface area contributed by atoms with E-state index in [1.807, 2.05) is 22.6 Å². The minimum Gasteiger partial charge on any atom is -0.494 e. The molecule has 158 valence electrons. The number of ether oxygens (including phenoxy) is 1. The molecule has 1 aliphatic rings. The van der Waals surface area contributed by atoms with Gasteiger partial charge < -0.3 is 15.2 Å². The smallest absolute Gasteiger partial charge is 0.238 e. The van der Waals surface area contributed by atoms with E-state index in [2.05, 4.69) is 5.32 Å². The van der Waals surface area contributed by atoms with E-state index < -0.39 is 51.6 Å². The lowest BCUT2D eigenvalue weighted by molar-refractivity contribution is 0.306. The molecular weight excluding hydrogens is 524 g/mol. The van der Waals surface area contributed by atoms with E-state index >= 15 is 0 Å². The van der Waals surface area contributed by atoms with E-state index in [0.29, 0.717) is 22.5 Å². The molecule has 0 saturated heterocycles. The quantitative estimate of drug-likeness (QED) is 0.497. The molecular formula is C18H18F3IN2O4S. The van der Waals surface area contributed by atoms with Crippen LogP contribution < -0.4 is 14.4 Å². The van der Waals surface area contributed by atoms with E-state index in [4.69, 9.17) is 4.74 Å². The Morgan fingerprint density at radius 3 is 2.48 bits per heavy atom. The number of sulfonamides is 1. The first-order chi connectivity index (χ1) is 13.7. The maximum Gasteiger partial charge on any atom is 0.238 e. The van der Waals surface area contributed by atoms with Crippen LogP contribution in [0.4, 0.5) is 30.2 Å². The van der Waals surface area contributed by atoms with Crippen LogP contribution in [0.5, 0.6) is 5.75 Å². The van der Waals surface area contributed by atoms with E-state index in [-0.39, 0.29) is 17.1 Å². The summed E-state index contributed by atoms with van der Waals surface area (Å²) in [4.78, 5) is 0. The van der Waals surface area contributed by atoms with Crippen molar-refractivity contribution in [3.8, 4) is 5.75 Å². The van der Waals surface area contributed by atoms with Gasteiger partial charge in [0.05, 0.1) is 31.2 Å². The number of aliphatic hydroxyl groups is 1. The second-order valence-corrected chi connectivity index (χ2v) is 9.77. The van der Waals surface area contributed by atoms with Crippen LogP contribution in [0.15, 0.2) is 24.3 Å². The van der Waals surface area contributed by atoms with Gasteiger partial charge in [0.2, 0.25) is 10.0 Å². The fourth-order valence-electron chi connectivity index (χ4n) is 2.84. The monoisotopic (exact) mass is 542 g/mol. The van der Waals surface area contributed by atoms with Crippen molar-refractivity contribution in [2.45, 2.75) is 18.1 Å². The third kappa shape index (κ3) is 4.40. The Hall–Kier alpha value is -1.73. The fourth-order valence-corrected chi connectivity index (χ4v) is 5.16. The van der Waals surface area contributed by atoms with Crippen LogP contribution in [0.3, 0.4) is 0 Å². The van der Waals surface area contributed by atoms with Gasteiger partial charge in [-0.2, -0.15) is 0 Å². The molecule has 1 aliphatic carbocycles. The summed E-state index contributed by atoms with van der Waals surface area (Å²) in [5.74, 6) is -3.70. The Morgan fingerprint density at radius 1 is 1.24 bits per heavy atom. The van der Waals surface area contributed by atoms with E-state index in [9.17, 15) is 26.7 Å². The third-order valence-corrected chi connectivity index (χ3v) is 7.34. The Kier molecular flexibility index (Phi) is 6.48. The molecule has 0 aliphatic heterocycles. The number of anilines is 3. The lowest BCUT2D eigenvalue weighted by atomic mass is 10.2. The molecule has 0 aromatic heterocycles. The first-order valence-corrected chi connectivity index (χ1v) is 11.2. The topological polar surface area (TPSA) is 78.9 Å². The van der Waals surface area contributed by atoms with Crippen LogP contribution in [-0.4, -0.2) is 39.0 Å². The normalized spacial score (nSPS) is 14.0. The zero-order chi connectivity index (χ0) is 21.3. The maximum absolute atomic E-state index is 14.8. The molecule has 0 radical (unpaired) electrons. The number of halogens is 4. The summed E-state index contributed by atoms with van der Waals surface area (Å²) in [5.41, 5.74) is -1.10. The summed E-state index contributed by atoms with van der Waals surface area (Å²) >= 11 is 1.89. The molecule has 0 unspecified atom stereocenters. The molecule has 2 aromatic carbocycles. The van der Waals surface area contributed by atoms with Crippen LogP contribution in [0.1, 0.15) is 12.8 Å². The number of rotatable bonds is 8. The second-order valence-electron chi connectivity index (χ2n) is 6.39. The molecule has 0 spiro atoms. The summed E-state index contributed by atoms with van der Waals surface area (Å²) < 4.78 is 75.6. The molecule has 2 aromatic rings. The maximum atomic E-state index is 14.8. The summed E-state index contributed by atoms with van der Waals surface area (Å²) in [5, 5.41) is 11.2. The van der Waals surface area contributed by atoms with Gasteiger partial charge in [-0.05, 0) is 53.6 Å². The van der Waals surface area contributed by atoms with Crippen molar-refractivity contribution in [1.82, 2.24) is 0 Å². The van der Waals surface area contributed by atoms with Crippen molar-refractivity contribution in [3.63, 3.8) is 0 Å². The average Bonchev–Trinajstić information content (AvgIpc) is 3.51. The minimum absolute atomic E-state index is 0.175. The Bertz CT molecular complexity index is 1030. The van der Waals surface area contributed by atoms with Crippen molar-refractivity contribution in [2.75, 3.05) is 29.9 Å². The highest BCUT2D eigenvalue weighted by molar-refractivity contribution is 14.1. The predicted octanol–water partition coefficient (Wildman–Crippen LogP) is 3.75. The Morgan fingerprint density at radius 2 is 1.93 bits per heavy atom. The van der Waals surface area contributed by atoms with Gasteiger partial charge in [0.25, 0.3) is 0 Å². The molecule has 0 heterocycles. The standard InChI is InChI=1S/C18H18F3IN2O4S/c1-28-15-9-13(20)16(21)17(23-14-5-2-10(22)8-12(14)19)18(15)24(6-7-25)29(26,27)11-3-4-11/h2,5,8-9,11,23,25H,3-4,6-7H2,1H3. The van der Waals surface area contributed by atoms with Gasteiger partial charge in [0.1, 0.15) is 22.9 Å². The average molecular weight is 542 g/mol. The first kappa shape index (κ1) is 22.0. The number of aliphatic hydroxyl groups excluding tert-OH is 1. The lowest BCUT2D eigenvalue weighted by Gasteiger charge is -2.28. The van der Waals surface area contributed by atoms with Crippen molar-refractivity contribution in [3.05, 3.63) is 45.3 Å². The molecule has 3 rings (SSSR count). The van der Waals surface area contributed by atoms with Crippen LogP contribution in [0.2, 0.25) is 0 Å². The van der Waals surface area contributed by atoms with Crippen molar-refractivity contribution in [1.29, 1.82) is 0 Å². The number of nitrogens with one attached hydrogen (secondary N) is 1. The van der Waals surface area contributed by atoms with Crippen LogP contribution in [0.25, 0.3) is 0 Å². The summed E-state index contributed by atoms with van der Waals surface area (Å²) in [6, 6.07) is 4.77. The van der Waals surface area contributed by atoms with Gasteiger partial charge in [-0.25, -0.2) is 21.6 Å². The molecule has 11 heteroatoms. The van der Waals surface area contributed by atoms with Gasteiger partial charge in [0.15, 0.2) is 11.6 Å². The number of hydrogen-bond acceptors (Lipinski definition) is 5. The van der Waals surface area contributed by atoms with Gasteiger partial charge in [-0.3, -0.25) is 4.31 Å². The van der Waals surface area contributed by atoms with Crippen molar-refractivity contribution in [2.24, 2.45) is 0 Å². The zero-order valence-electron chi connectivity index (χ0n) is 15.3. The largest absolute Gasteiger partial charge is 0.494 e. The number of hydrogen-bond donors (Lipinski definition) is 2. The molecule has 1 saturated carbocycles. The molecule has 1 fully saturated rings. The Balaban J connectivity index is 2.22. The summed E-state index contributed by atoms with van der Waals surface area (Å²) in [7, 11) is -2.79. The zero-order valence-corrected chi connectivity index (χ0v) is 18.2. The minimum atomic E-state index is -3.97. The van der Waals surface area contributed by atoms with E-state index in [0.717, 1.165) is 4.31 Å². The van der Waals surface area contributed by atoms with E-state index in [1.54, 1.807) is 6.07 Å².